The molecule has 0 radical (unpaired) electrons. The van der Waals surface area contributed by atoms with Crippen LogP contribution in [0.25, 0.3) is 0 Å². The van der Waals surface area contributed by atoms with Crippen molar-refractivity contribution in [3.63, 3.8) is 0 Å². The lowest BCUT2D eigenvalue weighted by atomic mass is 10.1. The van der Waals surface area contributed by atoms with Gasteiger partial charge in [-0.1, -0.05) is 6.07 Å². The van der Waals surface area contributed by atoms with Crippen molar-refractivity contribution in [2.45, 2.75) is 19.4 Å². The quantitative estimate of drug-likeness (QED) is 0.890. The van der Waals surface area contributed by atoms with Crippen molar-refractivity contribution < 1.29 is 14.3 Å². The summed E-state index contributed by atoms with van der Waals surface area (Å²) in [4.78, 5) is 16.2. The molecule has 1 aromatic carbocycles. The lowest BCUT2D eigenvalue weighted by molar-refractivity contribution is -0.121. The Bertz CT molecular complexity index is 629. The molecule has 5 heteroatoms. The van der Waals surface area contributed by atoms with Gasteiger partial charge in [0.2, 0.25) is 5.91 Å². The molecule has 1 aromatic heterocycles. The van der Waals surface area contributed by atoms with Crippen LogP contribution in [0.5, 0.6) is 11.5 Å². The number of hydrogen-bond donors (Lipinski definition) is 1. The highest BCUT2D eigenvalue weighted by atomic mass is 16.5. The van der Waals surface area contributed by atoms with Gasteiger partial charge in [0.1, 0.15) is 11.5 Å². The fraction of sp³-hybridized carbons (Fsp3) is 0.294. The van der Waals surface area contributed by atoms with Crippen LogP contribution < -0.4 is 14.8 Å². The number of carbonyl (C=O) groups is 1. The summed E-state index contributed by atoms with van der Waals surface area (Å²) in [5, 5.41) is 2.97. The van der Waals surface area contributed by atoms with Crippen LogP contribution in [0.15, 0.2) is 42.7 Å². The average molecular weight is 300 g/mol. The van der Waals surface area contributed by atoms with Gasteiger partial charge in [-0.3, -0.25) is 9.78 Å². The van der Waals surface area contributed by atoms with E-state index in [4.69, 9.17) is 9.47 Å². The minimum absolute atomic E-state index is 0.0622. The van der Waals surface area contributed by atoms with E-state index in [0.717, 1.165) is 11.1 Å². The molecular weight excluding hydrogens is 280 g/mol. The molecule has 5 nitrogen and oxygen atoms in total. The number of carbonyl (C=O) groups excluding carboxylic acids is 1. The van der Waals surface area contributed by atoms with Crippen molar-refractivity contribution in [3.8, 4) is 11.5 Å². The van der Waals surface area contributed by atoms with Gasteiger partial charge in [-0.2, -0.15) is 0 Å². The van der Waals surface area contributed by atoms with Crippen LogP contribution in [0.2, 0.25) is 0 Å². The van der Waals surface area contributed by atoms with Crippen LogP contribution in [0.1, 0.15) is 24.1 Å². The molecule has 0 aliphatic carbocycles. The van der Waals surface area contributed by atoms with Crippen molar-refractivity contribution in [1.29, 1.82) is 0 Å². The van der Waals surface area contributed by atoms with Crippen molar-refractivity contribution in [2.24, 2.45) is 0 Å². The fourth-order valence-electron chi connectivity index (χ4n) is 2.20. The van der Waals surface area contributed by atoms with Gasteiger partial charge in [0.05, 0.1) is 26.7 Å². The molecule has 0 fully saturated rings. The normalized spacial score (nSPS) is 11.6. The maximum Gasteiger partial charge on any atom is 0.225 e. The maximum atomic E-state index is 12.2. The SMILES string of the molecule is COc1ccc(CC(=O)NC(C)c2ccncc2)c(OC)c1. The van der Waals surface area contributed by atoms with E-state index in [1.807, 2.05) is 31.2 Å². The minimum Gasteiger partial charge on any atom is -0.497 e. The fourth-order valence-corrected chi connectivity index (χ4v) is 2.20. The van der Waals surface area contributed by atoms with E-state index in [0.29, 0.717) is 11.5 Å². The summed E-state index contributed by atoms with van der Waals surface area (Å²) >= 11 is 0. The topological polar surface area (TPSA) is 60.5 Å². The number of benzene rings is 1. The molecule has 1 heterocycles. The number of nitrogens with one attached hydrogen (secondary N) is 1. The van der Waals surface area contributed by atoms with E-state index in [2.05, 4.69) is 10.3 Å². The smallest absolute Gasteiger partial charge is 0.225 e. The highest BCUT2D eigenvalue weighted by molar-refractivity contribution is 5.79. The van der Waals surface area contributed by atoms with Gasteiger partial charge in [-0.05, 0) is 30.7 Å². The van der Waals surface area contributed by atoms with Gasteiger partial charge >= 0.3 is 0 Å². The first-order valence-electron chi connectivity index (χ1n) is 7.04. The predicted octanol–water partition coefficient (Wildman–Crippen LogP) is 2.52. The lowest BCUT2D eigenvalue weighted by Gasteiger charge is -2.15. The second-order valence-electron chi connectivity index (χ2n) is 4.92. The zero-order chi connectivity index (χ0) is 15.9. The predicted molar refractivity (Wildman–Crippen MR) is 84.0 cm³/mol. The molecule has 116 valence electrons. The summed E-state index contributed by atoms with van der Waals surface area (Å²) in [7, 11) is 3.17. The molecule has 0 saturated carbocycles. The summed E-state index contributed by atoms with van der Waals surface area (Å²) in [6, 6.07) is 9.14. The van der Waals surface area contributed by atoms with E-state index >= 15 is 0 Å². The zero-order valence-electron chi connectivity index (χ0n) is 13.0. The van der Waals surface area contributed by atoms with E-state index in [1.165, 1.54) is 0 Å². The molecule has 2 rings (SSSR count). The standard InChI is InChI=1S/C17H20N2O3/c1-12(13-6-8-18-9-7-13)19-17(20)10-14-4-5-15(21-2)11-16(14)22-3/h4-9,11-12H,10H2,1-3H3,(H,19,20). The summed E-state index contributed by atoms with van der Waals surface area (Å²) in [5.41, 5.74) is 1.84. The third kappa shape index (κ3) is 3.97. The van der Waals surface area contributed by atoms with Gasteiger partial charge in [0, 0.05) is 24.0 Å². The Labute approximate surface area is 130 Å². The highest BCUT2D eigenvalue weighted by Gasteiger charge is 2.13. The van der Waals surface area contributed by atoms with Gasteiger partial charge in [-0.25, -0.2) is 0 Å². The third-order valence-electron chi connectivity index (χ3n) is 3.43. The molecule has 0 bridgehead atoms. The van der Waals surface area contributed by atoms with Crippen LogP contribution in [-0.4, -0.2) is 25.1 Å². The summed E-state index contributed by atoms with van der Waals surface area (Å²) in [5.74, 6) is 1.28. The van der Waals surface area contributed by atoms with Crippen molar-refractivity contribution in [1.82, 2.24) is 10.3 Å². The summed E-state index contributed by atoms with van der Waals surface area (Å²) < 4.78 is 10.5. The number of nitrogens with zero attached hydrogens (tertiary/aromatic N) is 1. The average Bonchev–Trinajstić information content (AvgIpc) is 2.55. The molecule has 1 unspecified atom stereocenters. The van der Waals surface area contributed by atoms with Crippen molar-refractivity contribution >= 4 is 5.91 Å². The maximum absolute atomic E-state index is 12.2. The number of hydrogen-bond acceptors (Lipinski definition) is 4. The molecule has 1 amide bonds. The molecule has 0 aliphatic heterocycles. The second kappa shape index (κ2) is 7.45. The van der Waals surface area contributed by atoms with Gasteiger partial charge in [0.25, 0.3) is 0 Å². The van der Waals surface area contributed by atoms with Gasteiger partial charge in [0.15, 0.2) is 0 Å². The first kappa shape index (κ1) is 15.8. The van der Waals surface area contributed by atoms with Gasteiger partial charge < -0.3 is 14.8 Å². The molecule has 22 heavy (non-hydrogen) atoms. The van der Waals surface area contributed by atoms with E-state index < -0.39 is 0 Å². The number of amides is 1. The summed E-state index contributed by atoms with van der Waals surface area (Å²) in [6.45, 7) is 1.94. The van der Waals surface area contributed by atoms with E-state index in [-0.39, 0.29) is 18.4 Å². The molecule has 0 spiro atoms. The van der Waals surface area contributed by atoms with Crippen LogP contribution >= 0.6 is 0 Å². The van der Waals surface area contributed by atoms with Crippen LogP contribution in [0, 0.1) is 0 Å². The Balaban J connectivity index is 2.03. The number of pyridine rings is 1. The Morgan fingerprint density at radius 1 is 1.18 bits per heavy atom. The first-order valence-corrected chi connectivity index (χ1v) is 7.04. The Morgan fingerprint density at radius 3 is 2.55 bits per heavy atom. The molecule has 1 N–H and O–H groups in total. The Kier molecular flexibility index (Phi) is 5.36. The number of aromatic nitrogens is 1. The number of methoxy groups -OCH3 is 2. The molecule has 0 saturated heterocycles. The van der Waals surface area contributed by atoms with Crippen LogP contribution in [0.3, 0.4) is 0 Å². The van der Waals surface area contributed by atoms with Crippen LogP contribution in [0.4, 0.5) is 0 Å². The molecule has 1 atom stereocenters. The van der Waals surface area contributed by atoms with Crippen molar-refractivity contribution in [3.05, 3.63) is 53.9 Å². The molecule has 2 aromatic rings. The Hall–Kier alpha value is -2.56. The first-order chi connectivity index (χ1) is 10.6. The van der Waals surface area contributed by atoms with Crippen molar-refractivity contribution in [2.75, 3.05) is 14.2 Å². The zero-order valence-corrected chi connectivity index (χ0v) is 13.0. The van der Waals surface area contributed by atoms with Gasteiger partial charge in [-0.15, -0.1) is 0 Å². The largest absolute Gasteiger partial charge is 0.497 e. The second-order valence-corrected chi connectivity index (χ2v) is 4.92. The third-order valence-corrected chi connectivity index (χ3v) is 3.43. The number of rotatable bonds is 6. The number of ether oxygens (including phenoxy) is 2. The van der Waals surface area contributed by atoms with Crippen LogP contribution in [-0.2, 0) is 11.2 Å². The van der Waals surface area contributed by atoms with E-state index in [1.54, 1.807) is 32.7 Å². The molecular formula is C17H20N2O3. The summed E-state index contributed by atoms with van der Waals surface area (Å²) in [6.07, 6.45) is 3.68. The minimum atomic E-state index is -0.0697. The Morgan fingerprint density at radius 2 is 1.91 bits per heavy atom. The lowest BCUT2D eigenvalue weighted by Crippen LogP contribution is -2.28. The molecule has 0 aliphatic rings. The van der Waals surface area contributed by atoms with E-state index in [9.17, 15) is 4.79 Å². The monoisotopic (exact) mass is 300 g/mol. The highest BCUT2D eigenvalue weighted by Crippen LogP contribution is 2.25.